The van der Waals surface area contributed by atoms with Gasteiger partial charge >= 0.3 is 0 Å². The zero-order valence-corrected chi connectivity index (χ0v) is 16.9. The van der Waals surface area contributed by atoms with Crippen molar-refractivity contribution in [1.82, 2.24) is 14.9 Å². The SMILES string of the molecule is O=C(C1=CSC(c2cccnc2)N1)n1ccc2cc(OCc3ccccc3)ccc21. The lowest BCUT2D eigenvalue weighted by atomic mass is 10.2. The second kappa shape index (κ2) is 8.08. The van der Waals surface area contributed by atoms with Gasteiger partial charge in [0.15, 0.2) is 0 Å². The molecular weight excluding hydrogens is 394 g/mol. The van der Waals surface area contributed by atoms with Crippen LogP contribution in [0.25, 0.3) is 10.9 Å². The number of nitrogens with zero attached hydrogens (tertiary/aromatic N) is 2. The third kappa shape index (κ3) is 3.69. The van der Waals surface area contributed by atoms with Gasteiger partial charge in [0.25, 0.3) is 5.91 Å². The molecule has 1 unspecified atom stereocenters. The van der Waals surface area contributed by atoms with E-state index < -0.39 is 0 Å². The fourth-order valence-corrected chi connectivity index (χ4v) is 4.34. The second-order valence-electron chi connectivity index (χ2n) is 6.96. The molecule has 2 aromatic carbocycles. The minimum Gasteiger partial charge on any atom is -0.489 e. The molecule has 5 nitrogen and oxygen atoms in total. The standard InChI is InChI=1S/C24H19N3O2S/c28-24(21-16-30-23(26-21)19-7-4-11-25-14-19)27-12-10-18-13-20(8-9-22(18)27)29-15-17-5-2-1-3-6-17/h1-14,16,23,26H,15H2. The Kier molecular flexibility index (Phi) is 4.99. The summed E-state index contributed by atoms with van der Waals surface area (Å²) in [6, 6.07) is 21.7. The average Bonchev–Trinajstić information content (AvgIpc) is 3.46. The molecule has 148 valence electrons. The molecule has 0 saturated carbocycles. The molecule has 1 atom stereocenters. The molecular formula is C24H19N3O2S. The van der Waals surface area contributed by atoms with Crippen LogP contribution in [0, 0.1) is 0 Å². The molecule has 0 radical (unpaired) electrons. The Balaban J connectivity index is 1.31. The molecule has 0 amide bonds. The smallest absolute Gasteiger partial charge is 0.279 e. The Morgan fingerprint density at radius 1 is 1.10 bits per heavy atom. The maximum absolute atomic E-state index is 13.1. The first kappa shape index (κ1) is 18.5. The van der Waals surface area contributed by atoms with E-state index in [1.54, 1.807) is 28.7 Å². The van der Waals surface area contributed by atoms with E-state index in [-0.39, 0.29) is 11.3 Å². The van der Waals surface area contributed by atoms with Gasteiger partial charge in [-0.25, -0.2) is 0 Å². The predicted octanol–water partition coefficient (Wildman–Crippen LogP) is 5.13. The van der Waals surface area contributed by atoms with E-state index in [4.69, 9.17) is 4.74 Å². The highest BCUT2D eigenvalue weighted by atomic mass is 32.2. The summed E-state index contributed by atoms with van der Waals surface area (Å²) >= 11 is 1.57. The molecule has 1 aliphatic rings. The molecule has 0 fully saturated rings. The maximum atomic E-state index is 13.1. The molecule has 5 rings (SSSR count). The van der Waals surface area contributed by atoms with Crippen LogP contribution in [-0.2, 0) is 6.61 Å². The number of thioether (sulfide) groups is 1. The van der Waals surface area contributed by atoms with E-state index in [1.165, 1.54) is 0 Å². The van der Waals surface area contributed by atoms with Gasteiger partial charge in [-0.2, -0.15) is 0 Å². The number of nitrogens with one attached hydrogen (secondary N) is 1. The lowest BCUT2D eigenvalue weighted by Gasteiger charge is -2.13. The van der Waals surface area contributed by atoms with Crippen LogP contribution in [0.5, 0.6) is 5.75 Å². The van der Waals surface area contributed by atoms with Crippen LogP contribution >= 0.6 is 11.8 Å². The second-order valence-corrected chi connectivity index (χ2v) is 7.94. The lowest BCUT2D eigenvalue weighted by Crippen LogP contribution is -2.23. The van der Waals surface area contributed by atoms with Crippen molar-refractivity contribution in [1.29, 1.82) is 0 Å². The Morgan fingerprint density at radius 3 is 2.83 bits per heavy atom. The number of benzene rings is 2. The van der Waals surface area contributed by atoms with Crippen molar-refractivity contribution >= 4 is 28.6 Å². The van der Waals surface area contributed by atoms with Crippen LogP contribution in [0.4, 0.5) is 0 Å². The summed E-state index contributed by atoms with van der Waals surface area (Å²) in [7, 11) is 0. The summed E-state index contributed by atoms with van der Waals surface area (Å²) in [5, 5.41) is 6.14. The van der Waals surface area contributed by atoms with Gasteiger partial charge in [0, 0.05) is 34.9 Å². The van der Waals surface area contributed by atoms with Gasteiger partial charge in [-0.3, -0.25) is 14.3 Å². The third-order valence-electron chi connectivity index (χ3n) is 4.95. The number of hydrogen-bond acceptors (Lipinski definition) is 5. The van der Waals surface area contributed by atoms with Gasteiger partial charge in [0.1, 0.15) is 23.4 Å². The molecule has 4 aromatic rings. The number of hydrogen-bond donors (Lipinski definition) is 1. The monoisotopic (exact) mass is 413 g/mol. The van der Waals surface area contributed by atoms with E-state index >= 15 is 0 Å². The van der Waals surface area contributed by atoms with Crippen molar-refractivity contribution in [2.24, 2.45) is 0 Å². The van der Waals surface area contributed by atoms with Crippen molar-refractivity contribution in [3.63, 3.8) is 0 Å². The highest BCUT2D eigenvalue weighted by Gasteiger charge is 2.24. The molecule has 30 heavy (non-hydrogen) atoms. The van der Waals surface area contributed by atoms with Gasteiger partial charge in [-0.05, 0) is 35.9 Å². The van der Waals surface area contributed by atoms with Gasteiger partial charge in [0.05, 0.1) is 5.52 Å². The Bertz CT molecular complexity index is 1220. The Labute approximate surface area is 178 Å². The summed E-state index contributed by atoms with van der Waals surface area (Å²) < 4.78 is 7.57. The summed E-state index contributed by atoms with van der Waals surface area (Å²) in [4.78, 5) is 17.2. The quantitative estimate of drug-likeness (QED) is 0.491. The van der Waals surface area contributed by atoms with Crippen molar-refractivity contribution in [3.05, 3.63) is 108 Å². The molecule has 6 heteroatoms. The van der Waals surface area contributed by atoms with Gasteiger partial charge in [-0.1, -0.05) is 36.4 Å². The molecule has 0 saturated heterocycles. The van der Waals surface area contributed by atoms with E-state index in [0.717, 1.165) is 27.8 Å². The number of rotatable bonds is 5. The van der Waals surface area contributed by atoms with Crippen LogP contribution in [-0.4, -0.2) is 15.5 Å². The lowest BCUT2D eigenvalue weighted by molar-refractivity contribution is 0.0952. The minimum absolute atomic E-state index is 0.00235. The zero-order valence-electron chi connectivity index (χ0n) is 16.1. The van der Waals surface area contributed by atoms with Gasteiger partial charge in [0.2, 0.25) is 0 Å². The minimum atomic E-state index is -0.0816. The van der Waals surface area contributed by atoms with Crippen LogP contribution in [0.15, 0.2) is 96.4 Å². The largest absolute Gasteiger partial charge is 0.489 e. The number of carbonyl (C=O) groups is 1. The first-order valence-electron chi connectivity index (χ1n) is 9.62. The molecule has 2 aromatic heterocycles. The molecule has 3 heterocycles. The van der Waals surface area contributed by atoms with Crippen molar-refractivity contribution in [2.45, 2.75) is 12.0 Å². The van der Waals surface area contributed by atoms with Crippen molar-refractivity contribution < 1.29 is 9.53 Å². The fraction of sp³-hybridized carbons (Fsp3) is 0.0833. The Hall–Kier alpha value is -3.51. The summed E-state index contributed by atoms with van der Waals surface area (Å²) in [6.07, 6.45) is 5.36. The third-order valence-corrected chi connectivity index (χ3v) is 5.99. The van der Waals surface area contributed by atoms with Crippen molar-refractivity contribution in [3.8, 4) is 5.75 Å². The number of allylic oxidation sites excluding steroid dienone is 1. The molecule has 0 spiro atoms. The maximum Gasteiger partial charge on any atom is 0.279 e. The van der Waals surface area contributed by atoms with E-state index in [2.05, 4.69) is 10.3 Å². The van der Waals surface area contributed by atoms with E-state index in [0.29, 0.717) is 12.3 Å². The average molecular weight is 414 g/mol. The highest BCUT2D eigenvalue weighted by Crippen LogP contribution is 2.34. The van der Waals surface area contributed by atoms with E-state index in [1.807, 2.05) is 78.3 Å². The normalized spacial score (nSPS) is 15.6. The first-order valence-corrected chi connectivity index (χ1v) is 10.6. The number of aromatic nitrogens is 2. The number of fused-ring (bicyclic) bond motifs is 1. The number of carbonyl (C=O) groups excluding carboxylic acids is 1. The van der Waals surface area contributed by atoms with Crippen LogP contribution in [0.2, 0.25) is 0 Å². The number of pyridine rings is 1. The topological polar surface area (TPSA) is 56.2 Å². The van der Waals surface area contributed by atoms with Gasteiger partial charge in [-0.15, -0.1) is 11.8 Å². The summed E-state index contributed by atoms with van der Waals surface area (Å²) in [5.74, 6) is 0.698. The molecule has 0 bridgehead atoms. The summed E-state index contributed by atoms with van der Waals surface area (Å²) in [5.41, 5.74) is 3.59. The Morgan fingerprint density at radius 2 is 2.00 bits per heavy atom. The molecule has 1 aliphatic heterocycles. The predicted molar refractivity (Wildman–Crippen MR) is 119 cm³/mol. The van der Waals surface area contributed by atoms with E-state index in [9.17, 15) is 4.79 Å². The number of ether oxygens (including phenoxy) is 1. The van der Waals surface area contributed by atoms with Crippen LogP contribution in [0.1, 0.15) is 21.3 Å². The zero-order chi connectivity index (χ0) is 20.3. The molecule has 1 N–H and O–H groups in total. The van der Waals surface area contributed by atoms with Gasteiger partial charge < -0.3 is 10.1 Å². The molecule has 0 aliphatic carbocycles. The summed E-state index contributed by atoms with van der Waals surface area (Å²) in [6.45, 7) is 0.510. The first-order chi connectivity index (χ1) is 14.8. The van der Waals surface area contributed by atoms with Crippen molar-refractivity contribution in [2.75, 3.05) is 0 Å². The fourth-order valence-electron chi connectivity index (χ4n) is 3.41. The highest BCUT2D eigenvalue weighted by molar-refractivity contribution is 8.02. The van der Waals surface area contributed by atoms with Crippen LogP contribution < -0.4 is 10.1 Å². The van der Waals surface area contributed by atoms with Crippen LogP contribution in [0.3, 0.4) is 0 Å².